The molecule has 5 nitrogen and oxygen atoms in total. The Hall–Kier alpha value is -1.79. The van der Waals surface area contributed by atoms with Gasteiger partial charge in [-0.05, 0) is 37.1 Å². The second-order valence-electron chi connectivity index (χ2n) is 4.61. The average Bonchev–Trinajstić information content (AvgIpc) is 2.89. The van der Waals surface area contributed by atoms with Crippen LogP contribution in [0, 0.1) is 5.82 Å². The van der Waals surface area contributed by atoms with E-state index in [2.05, 4.69) is 15.6 Å². The Morgan fingerprint density at radius 1 is 1.35 bits per heavy atom. The molecule has 0 aliphatic heterocycles. The first-order valence-corrected chi connectivity index (χ1v) is 6.73. The first-order valence-electron chi connectivity index (χ1n) is 6.73. The van der Waals surface area contributed by atoms with E-state index >= 15 is 0 Å². The van der Waals surface area contributed by atoms with E-state index in [4.69, 9.17) is 5.11 Å². The maximum absolute atomic E-state index is 13.0. The molecule has 0 spiro atoms. The van der Waals surface area contributed by atoms with Crippen molar-refractivity contribution in [2.45, 2.75) is 25.9 Å². The van der Waals surface area contributed by atoms with Gasteiger partial charge in [-0.3, -0.25) is 4.68 Å². The van der Waals surface area contributed by atoms with Gasteiger partial charge in [-0.1, -0.05) is 17.3 Å². The minimum atomic E-state index is -0.200. The van der Waals surface area contributed by atoms with Crippen LogP contribution in [0.5, 0.6) is 0 Å². The molecule has 0 aliphatic rings. The standard InChI is InChI=1S/C14H19FN4O/c15-13-4-1-3-12(9-13)5-6-16-10-14-11-19(18-17-14)7-2-8-20/h1,3-4,9,11,16,20H,2,5-8,10H2. The third-order valence-electron chi connectivity index (χ3n) is 2.92. The number of hydrogen-bond acceptors (Lipinski definition) is 4. The molecule has 108 valence electrons. The molecule has 1 aromatic heterocycles. The van der Waals surface area contributed by atoms with Crippen LogP contribution in [-0.2, 0) is 19.5 Å². The van der Waals surface area contributed by atoms with Crippen LogP contribution in [0.25, 0.3) is 0 Å². The summed E-state index contributed by atoms with van der Waals surface area (Å²) in [5, 5.41) is 20.0. The zero-order valence-electron chi connectivity index (χ0n) is 11.3. The lowest BCUT2D eigenvalue weighted by molar-refractivity contribution is 0.276. The third-order valence-corrected chi connectivity index (χ3v) is 2.92. The molecular formula is C14H19FN4O. The largest absolute Gasteiger partial charge is 0.396 e. The van der Waals surface area contributed by atoms with Crippen LogP contribution >= 0.6 is 0 Å². The van der Waals surface area contributed by atoms with Gasteiger partial charge >= 0.3 is 0 Å². The highest BCUT2D eigenvalue weighted by molar-refractivity contribution is 5.16. The van der Waals surface area contributed by atoms with E-state index in [-0.39, 0.29) is 12.4 Å². The molecule has 1 heterocycles. The topological polar surface area (TPSA) is 63.0 Å². The van der Waals surface area contributed by atoms with Gasteiger partial charge in [0.05, 0.1) is 5.69 Å². The summed E-state index contributed by atoms with van der Waals surface area (Å²) >= 11 is 0. The lowest BCUT2D eigenvalue weighted by Gasteiger charge is -2.03. The van der Waals surface area contributed by atoms with E-state index in [0.29, 0.717) is 19.5 Å². The van der Waals surface area contributed by atoms with Crippen LogP contribution in [0.4, 0.5) is 4.39 Å². The van der Waals surface area contributed by atoms with Gasteiger partial charge in [-0.15, -0.1) is 5.10 Å². The van der Waals surface area contributed by atoms with Gasteiger partial charge in [0.25, 0.3) is 0 Å². The van der Waals surface area contributed by atoms with Gasteiger partial charge < -0.3 is 10.4 Å². The van der Waals surface area contributed by atoms with Gasteiger partial charge in [0, 0.05) is 25.9 Å². The van der Waals surface area contributed by atoms with Crippen molar-refractivity contribution in [3.8, 4) is 0 Å². The van der Waals surface area contributed by atoms with Crippen molar-refractivity contribution in [3.05, 3.63) is 47.5 Å². The van der Waals surface area contributed by atoms with Crippen molar-refractivity contribution in [1.29, 1.82) is 0 Å². The first-order chi connectivity index (χ1) is 9.78. The highest BCUT2D eigenvalue weighted by Crippen LogP contribution is 2.03. The predicted molar refractivity (Wildman–Crippen MR) is 73.5 cm³/mol. The number of halogens is 1. The number of hydrogen-bond donors (Lipinski definition) is 2. The van der Waals surface area contributed by atoms with E-state index in [9.17, 15) is 4.39 Å². The summed E-state index contributed by atoms with van der Waals surface area (Å²) < 4.78 is 14.7. The molecule has 0 amide bonds. The molecule has 2 aromatic rings. The number of aryl methyl sites for hydroxylation is 1. The summed E-state index contributed by atoms with van der Waals surface area (Å²) in [6.45, 7) is 2.22. The SMILES string of the molecule is OCCCn1cc(CNCCc2cccc(F)c2)nn1. The molecule has 0 atom stereocenters. The Morgan fingerprint density at radius 3 is 3.05 bits per heavy atom. The van der Waals surface area contributed by atoms with Crippen molar-refractivity contribution in [3.63, 3.8) is 0 Å². The number of aromatic nitrogens is 3. The molecule has 0 unspecified atom stereocenters. The van der Waals surface area contributed by atoms with Crippen molar-refractivity contribution in [1.82, 2.24) is 20.3 Å². The molecule has 0 radical (unpaired) electrons. The zero-order valence-corrected chi connectivity index (χ0v) is 11.3. The summed E-state index contributed by atoms with van der Waals surface area (Å²) in [4.78, 5) is 0. The first kappa shape index (κ1) is 14.6. The van der Waals surface area contributed by atoms with Gasteiger partial charge in [0.2, 0.25) is 0 Å². The second-order valence-corrected chi connectivity index (χ2v) is 4.61. The zero-order chi connectivity index (χ0) is 14.2. The maximum atomic E-state index is 13.0. The van der Waals surface area contributed by atoms with E-state index in [1.54, 1.807) is 16.8 Å². The summed E-state index contributed by atoms with van der Waals surface area (Å²) in [5.74, 6) is -0.200. The normalized spacial score (nSPS) is 10.9. The van der Waals surface area contributed by atoms with Gasteiger partial charge in [0.15, 0.2) is 0 Å². The summed E-state index contributed by atoms with van der Waals surface area (Å²) in [6.07, 6.45) is 3.32. The highest BCUT2D eigenvalue weighted by Gasteiger charge is 2.00. The smallest absolute Gasteiger partial charge is 0.123 e. The monoisotopic (exact) mass is 278 g/mol. The van der Waals surface area contributed by atoms with E-state index in [0.717, 1.165) is 24.2 Å². The van der Waals surface area contributed by atoms with Crippen molar-refractivity contribution < 1.29 is 9.50 Å². The van der Waals surface area contributed by atoms with Crippen molar-refractivity contribution >= 4 is 0 Å². The molecule has 2 N–H and O–H groups in total. The van der Waals surface area contributed by atoms with Crippen LogP contribution in [-0.4, -0.2) is 33.3 Å². The number of rotatable bonds is 8. The molecule has 0 aliphatic carbocycles. The lowest BCUT2D eigenvalue weighted by Crippen LogP contribution is -2.17. The van der Waals surface area contributed by atoms with Crippen LogP contribution in [0.2, 0.25) is 0 Å². The Labute approximate surface area is 117 Å². The minimum absolute atomic E-state index is 0.154. The molecule has 1 aromatic carbocycles. The summed E-state index contributed by atoms with van der Waals surface area (Å²) in [7, 11) is 0. The fraction of sp³-hybridized carbons (Fsp3) is 0.429. The maximum Gasteiger partial charge on any atom is 0.123 e. The highest BCUT2D eigenvalue weighted by atomic mass is 19.1. The van der Waals surface area contributed by atoms with Crippen LogP contribution in [0.15, 0.2) is 30.5 Å². The lowest BCUT2D eigenvalue weighted by atomic mass is 10.1. The fourth-order valence-electron chi connectivity index (χ4n) is 1.90. The van der Waals surface area contributed by atoms with E-state index in [1.807, 2.05) is 12.3 Å². The number of benzene rings is 1. The Bertz CT molecular complexity index is 529. The van der Waals surface area contributed by atoms with Gasteiger partial charge in [-0.2, -0.15) is 0 Å². The Morgan fingerprint density at radius 2 is 2.25 bits per heavy atom. The summed E-state index contributed by atoms with van der Waals surface area (Å²) in [5.41, 5.74) is 1.84. The second kappa shape index (κ2) is 7.72. The summed E-state index contributed by atoms with van der Waals surface area (Å²) in [6, 6.07) is 6.63. The number of aliphatic hydroxyl groups excluding tert-OH is 1. The molecule has 0 saturated heterocycles. The molecule has 0 bridgehead atoms. The average molecular weight is 278 g/mol. The molecule has 0 fully saturated rings. The van der Waals surface area contributed by atoms with E-state index < -0.39 is 0 Å². The molecule has 6 heteroatoms. The number of nitrogens with one attached hydrogen (secondary N) is 1. The van der Waals surface area contributed by atoms with E-state index in [1.165, 1.54) is 6.07 Å². The Kier molecular flexibility index (Phi) is 5.64. The number of aliphatic hydroxyl groups is 1. The molecule has 0 saturated carbocycles. The molecular weight excluding hydrogens is 259 g/mol. The quantitative estimate of drug-likeness (QED) is 0.711. The molecule has 2 rings (SSSR count). The van der Waals surface area contributed by atoms with Crippen LogP contribution < -0.4 is 5.32 Å². The Balaban J connectivity index is 1.69. The minimum Gasteiger partial charge on any atom is -0.396 e. The predicted octanol–water partition coefficient (Wildman–Crippen LogP) is 1.13. The van der Waals surface area contributed by atoms with Crippen molar-refractivity contribution in [2.24, 2.45) is 0 Å². The number of nitrogens with zero attached hydrogens (tertiary/aromatic N) is 3. The van der Waals surface area contributed by atoms with Crippen LogP contribution in [0.3, 0.4) is 0 Å². The van der Waals surface area contributed by atoms with Crippen molar-refractivity contribution in [2.75, 3.05) is 13.2 Å². The van der Waals surface area contributed by atoms with Gasteiger partial charge in [-0.25, -0.2) is 4.39 Å². The van der Waals surface area contributed by atoms with Gasteiger partial charge in [0.1, 0.15) is 5.82 Å². The third kappa shape index (κ3) is 4.71. The fourth-order valence-corrected chi connectivity index (χ4v) is 1.90. The molecule has 20 heavy (non-hydrogen) atoms. The van der Waals surface area contributed by atoms with Crippen LogP contribution in [0.1, 0.15) is 17.7 Å².